The molecule has 0 bridgehead atoms. The molecule has 3 heterocycles. The van der Waals surface area contributed by atoms with E-state index in [1.807, 2.05) is 25.1 Å². The van der Waals surface area contributed by atoms with Crippen LogP contribution >= 0.6 is 0 Å². The number of fused-ring (bicyclic) bond motifs is 1. The number of anilines is 2. The number of aromatic nitrogens is 3. The molecule has 188 valence electrons. The van der Waals surface area contributed by atoms with Gasteiger partial charge in [-0.2, -0.15) is 13.2 Å². The second-order valence-electron chi connectivity index (χ2n) is 8.47. The summed E-state index contributed by atoms with van der Waals surface area (Å²) in [6, 6.07) is 12.0. The molecule has 0 spiro atoms. The summed E-state index contributed by atoms with van der Waals surface area (Å²) in [5.41, 5.74) is 2.08. The van der Waals surface area contributed by atoms with E-state index in [1.54, 1.807) is 12.1 Å². The number of hydrogen-bond acceptors (Lipinski definition) is 6. The molecule has 1 atom stereocenters. The third-order valence-corrected chi connectivity index (χ3v) is 5.84. The van der Waals surface area contributed by atoms with Gasteiger partial charge >= 0.3 is 6.18 Å². The molecule has 11 heteroatoms. The second-order valence-corrected chi connectivity index (χ2v) is 8.47. The zero-order valence-electron chi connectivity index (χ0n) is 19.2. The standard InChI is InChI=1S/C25H23F4N5O2/c1-2-20(32-24-33-21-7-4-15(9-22(21)34-24)31-16-12-35-13-16)18-6-5-17(10-19(18)26)36-23-8-3-14(11-30-23)25(27,28)29/h3-11,16,20,31H,2,12-13H2,1H3,(H2,32,33,34). The molecule has 0 radical (unpaired) electrons. The van der Waals surface area contributed by atoms with Gasteiger partial charge in [-0.05, 0) is 36.8 Å². The van der Waals surface area contributed by atoms with Gasteiger partial charge in [-0.1, -0.05) is 13.0 Å². The van der Waals surface area contributed by atoms with Crippen molar-refractivity contribution in [1.82, 2.24) is 15.0 Å². The lowest BCUT2D eigenvalue weighted by Crippen LogP contribution is -2.40. The van der Waals surface area contributed by atoms with Crippen LogP contribution in [0.3, 0.4) is 0 Å². The van der Waals surface area contributed by atoms with Crippen molar-refractivity contribution < 1.29 is 27.0 Å². The van der Waals surface area contributed by atoms with Crippen molar-refractivity contribution in [1.29, 1.82) is 0 Å². The monoisotopic (exact) mass is 501 g/mol. The van der Waals surface area contributed by atoms with Crippen LogP contribution in [-0.4, -0.2) is 34.2 Å². The Balaban J connectivity index is 1.28. The fraction of sp³-hybridized carbons (Fsp3) is 0.280. The van der Waals surface area contributed by atoms with Gasteiger partial charge in [0.1, 0.15) is 11.6 Å². The van der Waals surface area contributed by atoms with Crippen molar-refractivity contribution in [2.75, 3.05) is 23.8 Å². The molecule has 1 aliphatic heterocycles. The summed E-state index contributed by atoms with van der Waals surface area (Å²) in [5.74, 6) is 0.0408. The average molecular weight is 501 g/mol. The van der Waals surface area contributed by atoms with E-state index in [0.29, 0.717) is 43.4 Å². The van der Waals surface area contributed by atoms with Crippen molar-refractivity contribution in [3.63, 3.8) is 0 Å². The minimum atomic E-state index is -4.49. The third-order valence-electron chi connectivity index (χ3n) is 5.84. The number of nitrogens with one attached hydrogen (secondary N) is 3. The van der Waals surface area contributed by atoms with Crippen molar-refractivity contribution in [2.45, 2.75) is 31.6 Å². The fourth-order valence-electron chi connectivity index (χ4n) is 3.87. The van der Waals surface area contributed by atoms with Crippen LogP contribution in [0.1, 0.15) is 30.5 Å². The van der Waals surface area contributed by atoms with Gasteiger partial charge in [-0.15, -0.1) is 0 Å². The van der Waals surface area contributed by atoms with Crippen LogP contribution in [0.4, 0.5) is 29.2 Å². The molecule has 3 N–H and O–H groups in total. The lowest BCUT2D eigenvalue weighted by molar-refractivity contribution is -0.137. The second kappa shape index (κ2) is 9.65. The van der Waals surface area contributed by atoms with Crippen LogP contribution in [0.2, 0.25) is 0 Å². The summed E-state index contributed by atoms with van der Waals surface area (Å²) in [4.78, 5) is 11.4. The number of ether oxygens (including phenoxy) is 2. The first-order chi connectivity index (χ1) is 17.3. The van der Waals surface area contributed by atoms with Crippen LogP contribution < -0.4 is 15.4 Å². The van der Waals surface area contributed by atoms with Crippen molar-refractivity contribution in [2.24, 2.45) is 0 Å². The molecule has 1 fully saturated rings. The number of alkyl halides is 3. The third kappa shape index (κ3) is 5.20. The van der Waals surface area contributed by atoms with E-state index >= 15 is 0 Å². The fourth-order valence-corrected chi connectivity index (χ4v) is 3.87. The highest BCUT2D eigenvalue weighted by molar-refractivity contribution is 5.81. The van der Waals surface area contributed by atoms with Gasteiger partial charge in [0.15, 0.2) is 0 Å². The molecule has 1 saturated heterocycles. The number of pyridine rings is 1. The molecule has 0 aliphatic carbocycles. The normalized spacial score (nSPS) is 14.9. The van der Waals surface area contributed by atoms with Gasteiger partial charge in [-0.25, -0.2) is 14.4 Å². The van der Waals surface area contributed by atoms with E-state index in [2.05, 4.69) is 25.6 Å². The predicted octanol–water partition coefficient (Wildman–Crippen LogP) is 6.28. The first-order valence-corrected chi connectivity index (χ1v) is 11.4. The molecule has 4 aromatic rings. The minimum Gasteiger partial charge on any atom is -0.439 e. The molecule has 1 aliphatic rings. The van der Waals surface area contributed by atoms with Gasteiger partial charge in [0.25, 0.3) is 0 Å². The van der Waals surface area contributed by atoms with Crippen molar-refractivity contribution in [3.05, 3.63) is 71.7 Å². The van der Waals surface area contributed by atoms with Gasteiger partial charge in [0.05, 0.1) is 41.9 Å². The van der Waals surface area contributed by atoms with Crippen LogP contribution in [0.25, 0.3) is 11.0 Å². The smallest absolute Gasteiger partial charge is 0.417 e. The molecule has 36 heavy (non-hydrogen) atoms. The molecule has 1 unspecified atom stereocenters. The molecule has 0 saturated carbocycles. The summed E-state index contributed by atoms with van der Waals surface area (Å²) in [7, 11) is 0. The first kappa shape index (κ1) is 23.9. The predicted molar refractivity (Wildman–Crippen MR) is 127 cm³/mol. The highest BCUT2D eigenvalue weighted by Gasteiger charge is 2.30. The van der Waals surface area contributed by atoms with Gasteiger partial charge < -0.3 is 25.1 Å². The summed E-state index contributed by atoms with van der Waals surface area (Å²) >= 11 is 0. The Morgan fingerprint density at radius 1 is 1.14 bits per heavy atom. The first-order valence-electron chi connectivity index (χ1n) is 11.4. The minimum absolute atomic E-state index is 0.0683. The number of benzene rings is 2. The maximum absolute atomic E-state index is 15.0. The number of hydrogen-bond donors (Lipinski definition) is 3. The topological polar surface area (TPSA) is 84.1 Å². The molecule has 5 rings (SSSR count). The number of H-pyrrole nitrogens is 1. The Bertz CT molecular complexity index is 1350. The molecular formula is C25H23F4N5O2. The van der Waals surface area contributed by atoms with Crippen LogP contribution in [0.5, 0.6) is 11.6 Å². The molecule has 2 aromatic heterocycles. The molecule has 2 aromatic carbocycles. The van der Waals surface area contributed by atoms with E-state index in [4.69, 9.17) is 9.47 Å². The lowest BCUT2D eigenvalue weighted by Gasteiger charge is -2.27. The zero-order chi connectivity index (χ0) is 25.3. The molecule has 7 nitrogen and oxygen atoms in total. The number of imidazole rings is 1. The van der Waals surface area contributed by atoms with E-state index < -0.39 is 17.6 Å². The van der Waals surface area contributed by atoms with Crippen LogP contribution in [-0.2, 0) is 10.9 Å². The van der Waals surface area contributed by atoms with Gasteiger partial charge in [-0.3, -0.25) is 0 Å². The lowest BCUT2D eigenvalue weighted by atomic mass is 10.0. The van der Waals surface area contributed by atoms with E-state index in [-0.39, 0.29) is 17.7 Å². The zero-order valence-corrected chi connectivity index (χ0v) is 19.2. The summed E-state index contributed by atoms with van der Waals surface area (Å²) in [5, 5.41) is 6.63. The maximum atomic E-state index is 15.0. The van der Waals surface area contributed by atoms with Crippen molar-refractivity contribution in [3.8, 4) is 11.6 Å². The van der Waals surface area contributed by atoms with E-state index in [0.717, 1.165) is 28.9 Å². The number of aromatic amines is 1. The SMILES string of the molecule is CCC(Nc1nc2ccc(NC3COC3)cc2[nH]1)c1ccc(Oc2ccc(C(F)(F)F)cn2)cc1F. The van der Waals surface area contributed by atoms with Gasteiger partial charge in [0, 0.05) is 29.6 Å². The quantitative estimate of drug-likeness (QED) is 0.247. The molecule has 0 amide bonds. The highest BCUT2D eigenvalue weighted by Crippen LogP contribution is 2.32. The number of halogens is 4. The maximum Gasteiger partial charge on any atom is 0.417 e. The van der Waals surface area contributed by atoms with Crippen molar-refractivity contribution >= 4 is 22.7 Å². The van der Waals surface area contributed by atoms with Crippen LogP contribution in [0, 0.1) is 5.82 Å². The van der Waals surface area contributed by atoms with Crippen LogP contribution in [0.15, 0.2) is 54.7 Å². The van der Waals surface area contributed by atoms with Gasteiger partial charge in [0.2, 0.25) is 11.8 Å². The Kier molecular flexibility index (Phi) is 6.40. The molecular weight excluding hydrogens is 478 g/mol. The van der Waals surface area contributed by atoms with E-state index in [1.165, 1.54) is 6.07 Å². The number of nitrogens with zero attached hydrogens (tertiary/aromatic N) is 2. The Hall–Kier alpha value is -3.86. The summed E-state index contributed by atoms with van der Waals surface area (Å²) in [6.07, 6.45) is -3.25. The Labute approximate surface area is 203 Å². The highest BCUT2D eigenvalue weighted by atomic mass is 19.4. The summed E-state index contributed by atoms with van der Waals surface area (Å²) in [6.45, 7) is 3.28. The Morgan fingerprint density at radius 2 is 1.97 bits per heavy atom. The number of rotatable bonds is 8. The Morgan fingerprint density at radius 3 is 2.61 bits per heavy atom. The average Bonchev–Trinajstić information content (AvgIpc) is 3.22. The van der Waals surface area contributed by atoms with E-state index in [9.17, 15) is 17.6 Å². The largest absolute Gasteiger partial charge is 0.439 e. The summed E-state index contributed by atoms with van der Waals surface area (Å²) < 4.78 is 63.7.